The third kappa shape index (κ3) is 7.23. The van der Waals surface area contributed by atoms with Gasteiger partial charge >= 0.3 is 0 Å². The molecule has 2 rings (SSSR count). The molecule has 0 aromatic heterocycles. The molecule has 0 unspecified atom stereocenters. The van der Waals surface area contributed by atoms with Crippen molar-refractivity contribution in [1.29, 1.82) is 0 Å². The van der Waals surface area contributed by atoms with Crippen molar-refractivity contribution in [2.75, 3.05) is 5.08 Å². The lowest BCUT2D eigenvalue weighted by atomic mass is 10.2. The minimum atomic E-state index is -4.38. The second kappa shape index (κ2) is 9.09. The van der Waals surface area contributed by atoms with Gasteiger partial charge in [0, 0.05) is 35.7 Å². The van der Waals surface area contributed by atoms with Crippen LogP contribution in [0.5, 0.6) is 0 Å². The van der Waals surface area contributed by atoms with Gasteiger partial charge in [-0.1, -0.05) is 0 Å². The van der Waals surface area contributed by atoms with E-state index in [9.17, 15) is 34.4 Å². The summed E-state index contributed by atoms with van der Waals surface area (Å²) in [6.07, 6.45) is 3.52. The van der Waals surface area contributed by atoms with E-state index in [1.54, 1.807) is 0 Å². The van der Waals surface area contributed by atoms with Crippen LogP contribution in [0.4, 0.5) is 17.6 Å². The molecule has 12 heteroatoms. The van der Waals surface area contributed by atoms with Gasteiger partial charge < -0.3 is 0 Å². The van der Waals surface area contributed by atoms with Gasteiger partial charge in [-0.3, -0.25) is 9.44 Å². The van der Waals surface area contributed by atoms with Gasteiger partial charge in [0.05, 0.1) is 0 Å². The zero-order valence-corrected chi connectivity index (χ0v) is 16.1. The molecule has 2 aromatic carbocycles. The second-order valence-corrected chi connectivity index (χ2v) is 9.45. The van der Waals surface area contributed by atoms with Crippen LogP contribution >= 0.6 is 0 Å². The predicted octanol–water partition coefficient (Wildman–Crippen LogP) is 2.68. The number of sulfonamides is 2. The van der Waals surface area contributed by atoms with E-state index in [0.717, 1.165) is 48.8 Å². The van der Waals surface area contributed by atoms with Gasteiger partial charge in [-0.25, -0.2) is 34.4 Å². The number of halogens is 4. The first-order chi connectivity index (χ1) is 13.5. The number of hydrogen-bond donors (Lipinski definition) is 2. The number of hydrogen-bond acceptors (Lipinski definition) is 4. The summed E-state index contributed by atoms with van der Waals surface area (Å²) in [6.45, 7) is 0. The quantitative estimate of drug-likeness (QED) is 0.605. The van der Waals surface area contributed by atoms with Crippen molar-refractivity contribution in [2.45, 2.75) is 0 Å². The van der Waals surface area contributed by atoms with Gasteiger partial charge in [0.1, 0.15) is 23.3 Å². The molecule has 29 heavy (non-hydrogen) atoms. The SMILES string of the molecule is O=S(=O)(CS(=O)(=O)NC=Cc1ccc(F)cc1F)NC=Cc1ccc(F)cc1F. The summed E-state index contributed by atoms with van der Waals surface area (Å²) in [5.41, 5.74) is -0.251. The van der Waals surface area contributed by atoms with Gasteiger partial charge in [-0.15, -0.1) is 0 Å². The van der Waals surface area contributed by atoms with Crippen LogP contribution in [0.1, 0.15) is 11.1 Å². The van der Waals surface area contributed by atoms with Crippen LogP contribution in [0, 0.1) is 23.3 Å². The smallest absolute Gasteiger partial charge is 0.248 e. The lowest BCUT2D eigenvalue weighted by molar-refractivity contribution is 0.579. The fraction of sp³-hybridized carbons (Fsp3) is 0.0588. The van der Waals surface area contributed by atoms with E-state index in [1.807, 2.05) is 9.44 Å². The molecule has 0 spiro atoms. The fourth-order valence-corrected chi connectivity index (χ4v) is 4.73. The standard InChI is InChI=1S/C17H14F4N2O4S2/c18-14-3-1-12(16(20)9-14)5-7-22-28(24,25)11-29(26,27)23-8-6-13-2-4-15(19)10-17(13)21/h1-10,22-23H,11H2. The van der Waals surface area contributed by atoms with E-state index in [-0.39, 0.29) is 11.1 Å². The van der Waals surface area contributed by atoms with E-state index in [2.05, 4.69) is 0 Å². The van der Waals surface area contributed by atoms with Crippen LogP contribution in [0.25, 0.3) is 12.2 Å². The molecular formula is C17H14F4N2O4S2. The van der Waals surface area contributed by atoms with Crippen LogP contribution in [0.2, 0.25) is 0 Å². The van der Waals surface area contributed by atoms with Gasteiger partial charge in [-0.05, 0) is 36.4 Å². The highest BCUT2D eigenvalue weighted by Gasteiger charge is 2.20. The van der Waals surface area contributed by atoms with Crippen molar-refractivity contribution < 1.29 is 34.4 Å². The Balaban J connectivity index is 1.98. The monoisotopic (exact) mass is 450 g/mol. The van der Waals surface area contributed by atoms with E-state index in [1.165, 1.54) is 0 Å². The van der Waals surface area contributed by atoms with Crippen LogP contribution in [-0.2, 0) is 20.0 Å². The van der Waals surface area contributed by atoms with E-state index in [4.69, 9.17) is 0 Å². The summed E-state index contributed by atoms with van der Waals surface area (Å²) in [4.78, 5) is 0. The molecule has 0 heterocycles. The summed E-state index contributed by atoms with van der Waals surface area (Å²) in [7, 11) is -8.76. The molecule has 0 fully saturated rings. The highest BCUT2D eigenvalue weighted by molar-refractivity contribution is 8.06. The first kappa shape index (κ1) is 22.4. The lowest BCUT2D eigenvalue weighted by Gasteiger charge is -2.06. The Kier molecular flexibility index (Phi) is 7.03. The zero-order valence-electron chi connectivity index (χ0n) is 14.4. The molecule has 0 aliphatic rings. The highest BCUT2D eigenvalue weighted by atomic mass is 32.3. The maximum absolute atomic E-state index is 13.4. The average Bonchev–Trinajstić information content (AvgIpc) is 2.57. The molecule has 0 bridgehead atoms. The number of nitrogens with one attached hydrogen (secondary N) is 2. The molecule has 0 aliphatic heterocycles. The summed E-state index contributed by atoms with van der Waals surface area (Å²) in [5.74, 6) is -3.50. The molecule has 0 saturated heterocycles. The average molecular weight is 450 g/mol. The van der Waals surface area contributed by atoms with Crippen LogP contribution in [-0.4, -0.2) is 21.9 Å². The maximum Gasteiger partial charge on any atom is 0.248 e. The van der Waals surface area contributed by atoms with Crippen LogP contribution < -0.4 is 9.44 Å². The maximum atomic E-state index is 13.4. The second-order valence-electron chi connectivity index (χ2n) is 5.58. The molecule has 0 radical (unpaired) electrons. The number of rotatable bonds is 8. The van der Waals surface area contributed by atoms with E-state index >= 15 is 0 Å². The summed E-state index contributed by atoms with van der Waals surface area (Å²) in [6, 6.07) is 5.24. The van der Waals surface area contributed by atoms with Crippen molar-refractivity contribution in [3.05, 3.63) is 83.2 Å². The molecule has 2 N–H and O–H groups in total. The van der Waals surface area contributed by atoms with E-state index in [0.29, 0.717) is 12.1 Å². The molecule has 0 aliphatic carbocycles. The third-order valence-corrected chi connectivity index (χ3v) is 6.73. The van der Waals surface area contributed by atoms with Gasteiger partial charge in [0.25, 0.3) is 0 Å². The Morgan fingerprint density at radius 3 is 1.41 bits per heavy atom. The van der Waals surface area contributed by atoms with E-state index < -0.39 is 48.4 Å². The Morgan fingerprint density at radius 1 is 0.690 bits per heavy atom. The van der Waals surface area contributed by atoms with Crippen molar-refractivity contribution in [2.24, 2.45) is 0 Å². The van der Waals surface area contributed by atoms with Crippen molar-refractivity contribution >= 4 is 32.2 Å². The van der Waals surface area contributed by atoms with Crippen LogP contribution in [0.15, 0.2) is 48.8 Å². The molecule has 0 amide bonds. The van der Waals surface area contributed by atoms with Crippen LogP contribution in [0.3, 0.4) is 0 Å². The Hall–Kier alpha value is -2.86. The lowest BCUT2D eigenvalue weighted by Crippen LogP contribution is -2.32. The topological polar surface area (TPSA) is 92.3 Å². The molecule has 156 valence electrons. The van der Waals surface area contributed by atoms with Gasteiger partial charge in [0.2, 0.25) is 20.0 Å². The fourth-order valence-electron chi connectivity index (χ4n) is 2.00. The Morgan fingerprint density at radius 2 is 1.07 bits per heavy atom. The third-order valence-electron chi connectivity index (χ3n) is 3.26. The largest absolute Gasteiger partial charge is 0.289 e. The normalized spacial score (nSPS) is 12.6. The van der Waals surface area contributed by atoms with Crippen molar-refractivity contribution in [3.8, 4) is 0 Å². The van der Waals surface area contributed by atoms with Crippen molar-refractivity contribution in [3.63, 3.8) is 0 Å². The van der Waals surface area contributed by atoms with Crippen molar-refractivity contribution in [1.82, 2.24) is 9.44 Å². The Bertz CT molecular complexity index is 1070. The zero-order chi connectivity index (χ0) is 21.7. The molecular weight excluding hydrogens is 436 g/mol. The first-order valence-electron chi connectivity index (χ1n) is 7.71. The first-order valence-corrected chi connectivity index (χ1v) is 11.0. The van der Waals surface area contributed by atoms with Gasteiger partial charge in [0.15, 0.2) is 5.08 Å². The minimum absolute atomic E-state index is 0.126. The highest BCUT2D eigenvalue weighted by Crippen LogP contribution is 2.12. The minimum Gasteiger partial charge on any atom is -0.289 e. The molecule has 6 nitrogen and oxygen atoms in total. The summed E-state index contributed by atoms with van der Waals surface area (Å²) in [5, 5.41) is -1.38. The van der Waals surface area contributed by atoms with Gasteiger partial charge in [-0.2, -0.15) is 0 Å². The predicted molar refractivity (Wildman–Crippen MR) is 99.8 cm³/mol. The molecule has 0 atom stereocenters. The Labute approximate surface area is 164 Å². The summed E-state index contributed by atoms with van der Waals surface area (Å²) < 4.78 is 103. The molecule has 2 aromatic rings. The summed E-state index contributed by atoms with van der Waals surface area (Å²) >= 11 is 0. The molecule has 0 saturated carbocycles. The number of benzene rings is 2.